The van der Waals surface area contributed by atoms with Gasteiger partial charge in [0.05, 0.1) is 5.69 Å². The zero-order chi connectivity index (χ0) is 18.1. The number of aromatic nitrogens is 1. The number of carbonyl (C=O) groups excluding carboxylic acids is 1. The van der Waals surface area contributed by atoms with Crippen LogP contribution in [0.15, 0.2) is 47.8 Å². The van der Waals surface area contributed by atoms with Gasteiger partial charge in [-0.05, 0) is 31.5 Å². The largest absolute Gasteiger partial charge is 0.485 e. The second kappa shape index (κ2) is 6.80. The summed E-state index contributed by atoms with van der Waals surface area (Å²) in [5, 5.41) is 5.32. The number of aryl methyl sites for hydroxylation is 2. The molecule has 0 spiro atoms. The number of nitrogens with zero attached hydrogens (tertiary/aromatic N) is 1. The number of rotatable bonds is 3. The molecular formula is C20H18N2O3S. The van der Waals surface area contributed by atoms with Gasteiger partial charge in [-0.2, -0.15) is 0 Å². The molecule has 2 heterocycles. The average molecular weight is 366 g/mol. The van der Waals surface area contributed by atoms with E-state index in [1.165, 1.54) is 16.9 Å². The van der Waals surface area contributed by atoms with Crippen molar-refractivity contribution in [1.82, 2.24) is 4.98 Å². The molecule has 1 aliphatic rings. The summed E-state index contributed by atoms with van der Waals surface area (Å²) in [4.78, 5) is 17.0. The molecule has 2 aromatic carbocycles. The molecule has 1 aromatic heterocycles. The monoisotopic (exact) mass is 366 g/mol. The fourth-order valence-corrected chi connectivity index (χ4v) is 3.60. The first kappa shape index (κ1) is 16.6. The third kappa shape index (κ3) is 3.28. The fourth-order valence-electron chi connectivity index (χ4n) is 2.89. The van der Waals surface area contributed by atoms with Crippen molar-refractivity contribution in [3.63, 3.8) is 0 Å². The van der Waals surface area contributed by atoms with Gasteiger partial charge in [0.1, 0.15) is 6.61 Å². The summed E-state index contributed by atoms with van der Waals surface area (Å²) >= 11 is 1.40. The van der Waals surface area contributed by atoms with E-state index in [9.17, 15) is 4.79 Å². The van der Waals surface area contributed by atoms with Gasteiger partial charge in [0.2, 0.25) is 6.10 Å². The van der Waals surface area contributed by atoms with E-state index in [1.54, 1.807) is 6.07 Å². The van der Waals surface area contributed by atoms with Crippen molar-refractivity contribution >= 4 is 22.4 Å². The summed E-state index contributed by atoms with van der Waals surface area (Å²) in [7, 11) is 0. The minimum Gasteiger partial charge on any atom is -0.485 e. The Morgan fingerprint density at radius 2 is 2.00 bits per heavy atom. The van der Waals surface area contributed by atoms with Crippen LogP contribution in [0.2, 0.25) is 0 Å². The number of carbonyl (C=O) groups is 1. The maximum atomic E-state index is 12.5. The Balaban J connectivity index is 1.47. The van der Waals surface area contributed by atoms with E-state index in [4.69, 9.17) is 9.47 Å². The summed E-state index contributed by atoms with van der Waals surface area (Å²) < 4.78 is 11.3. The molecule has 26 heavy (non-hydrogen) atoms. The molecule has 3 aromatic rings. The van der Waals surface area contributed by atoms with Crippen molar-refractivity contribution in [3.05, 3.63) is 59.0 Å². The molecule has 1 N–H and O–H groups in total. The van der Waals surface area contributed by atoms with Crippen molar-refractivity contribution in [1.29, 1.82) is 0 Å². The van der Waals surface area contributed by atoms with Crippen molar-refractivity contribution < 1.29 is 14.3 Å². The summed E-state index contributed by atoms with van der Waals surface area (Å²) in [6, 6.07) is 13.6. The number of para-hydroxylation sites is 2. The van der Waals surface area contributed by atoms with Crippen LogP contribution in [-0.4, -0.2) is 23.6 Å². The Bertz CT molecular complexity index is 967. The zero-order valence-corrected chi connectivity index (χ0v) is 15.3. The third-order valence-corrected chi connectivity index (χ3v) is 4.95. The Hall–Kier alpha value is -2.86. The third-order valence-electron chi connectivity index (χ3n) is 4.19. The molecule has 0 fully saturated rings. The average Bonchev–Trinajstić information content (AvgIpc) is 3.09. The molecule has 0 saturated heterocycles. The Kier molecular flexibility index (Phi) is 4.34. The molecule has 0 aliphatic carbocycles. The second-order valence-electron chi connectivity index (χ2n) is 6.21. The van der Waals surface area contributed by atoms with Gasteiger partial charge in [-0.1, -0.05) is 35.9 Å². The molecule has 0 saturated carbocycles. The van der Waals surface area contributed by atoms with Crippen LogP contribution in [0.1, 0.15) is 11.1 Å². The molecule has 5 nitrogen and oxygen atoms in total. The molecule has 6 heteroatoms. The smallest absolute Gasteiger partial charge is 0.270 e. The quantitative estimate of drug-likeness (QED) is 0.754. The van der Waals surface area contributed by atoms with Gasteiger partial charge in [0.15, 0.2) is 16.6 Å². The lowest BCUT2D eigenvalue weighted by Crippen LogP contribution is -2.40. The van der Waals surface area contributed by atoms with Crippen molar-refractivity contribution in [2.24, 2.45) is 0 Å². The first-order valence-corrected chi connectivity index (χ1v) is 9.20. The highest BCUT2D eigenvalue weighted by atomic mass is 32.1. The number of thiazole rings is 1. The first-order valence-electron chi connectivity index (χ1n) is 8.32. The molecule has 1 atom stereocenters. The molecule has 1 aliphatic heterocycles. The number of amides is 1. The Labute approximate surface area is 155 Å². The van der Waals surface area contributed by atoms with E-state index in [0.717, 1.165) is 16.8 Å². The van der Waals surface area contributed by atoms with Gasteiger partial charge in [0.25, 0.3) is 5.91 Å². The lowest BCUT2D eigenvalue weighted by molar-refractivity contribution is -0.125. The molecule has 0 radical (unpaired) electrons. The molecule has 0 bridgehead atoms. The summed E-state index contributed by atoms with van der Waals surface area (Å²) in [6.07, 6.45) is -0.696. The van der Waals surface area contributed by atoms with Gasteiger partial charge in [0, 0.05) is 10.9 Å². The number of benzene rings is 2. The lowest BCUT2D eigenvalue weighted by Gasteiger charge is -2.25. The van der Waals surface area contributed by atoms with E-state index >= 15 is 0 Å². The molecule has 1 amide bonds. The highest BCUT2D eigenvalue weighted by Crippen LogP contribution is 2.32. The van der Waals surface area contributed by atoms with E-state index in [-0.39, 0.29) is 12.5 Å². The number of hydrogen-bond donors (Lipinski definition) is 1. The first-order chi connectivity index (χ1) is 12.6. The van der Waals surface area contributed by atoms with E-state index in [2.05, 4.69) is 42.3 Å². The van der Waals surface area contributed by atoms with E-state index < -0.39 is 6.10 Å². The fraction of sp³-hybridized carbons (Fsp3) is 0.200. The van der Waals surface area contributed by atoms with Crippen molar-refractivity contribution in [2.75, 3.05) is 11.9 Å². The van der Waals surface area contributed by atoms with Crippen molar-refractivity contribution in [3.8, 4) is 22.8 Å². The molecule has 4 rings (SSSR count). The van der Waals surface area contributed by atoms with Crippen LogP contribution in [0, 0.1) is 13.8 Å². The van der Waals surface area contributed by atoms with Gasteiger partial charge in [-0.3, -0.25) is 10.1 Å². The van der Waals surface area contributed by atoms with Crippen LogP contribution < -0.4 is 14.8 Å². The van der Waals surface area contributed by atoms with Crippen molar-refractivity contribution in [2.45, 2.75) is 20.0 Å². The number of ether oxygens (including phenoxy) is 2. The van der Waals surface area contributed by atoms with Gasteiger partial charge < -0.3 is 9.47 Å². The minimum absolute atomic E-state index is 0.179. The molecule has 0 unspecified atom stereocenters. The number of hydrogen-bond acceptors (Lipinski definition) is 5. The van der Waals surface area contributed by atoms with Crippen LogP contribution >= 0.6 is 11.3 Å². The van der Waals surface area contributed by atoms with Crippen LogP contribution in [0.25, 0.3) is 11.3 Å². The summed E-state index contributed by atoms with van der Waals surface area (Å²) in [5.74, 6) is 0.970. The van der Waals surface area contributed by atoms with Crippen LogP contribution in [-0.2, 0) is 4.79 Å². The predicted octanol–water partition coefficient (Wildman–Crippen LogP) is 4.21. The van der Waals surface area contributed by atoms with E-state index in [0.29, 0.717) is 16.6 Å². The Morgan fingerprint density at radius 1 is 1.19 bits per heavy atom. The maximum absolute atomic E-state index is 12.5. The minimum atomic E-state index is -0.696. The summed E-state index contributed by atoms with van der Waals surface area (Å²) in [5.41, 5.74) is 4.30. The number of nitrogens with one attached hydrogen (secondary N) is 1. The highest BCUT2D eigenvalue weighted by molar-refractivity contribution is 7.14. The number of fused-ring (bicyclic) bond motifs is 1. The lowest BCUT2D eigenvalue weighted by atomic mass is 10.0. The second-order valence-corrected chi connectivity index (χ2v) is 7.07. The van der Waals surface area contributed by atoms with Gasteiger partial charge in [-0.15, -0.1) is 11.3 Å². The predicted molar refractivity (Wildman–Crippen MR) is 102 cm³/mol. The SMILES string of the molecule is Cc1ccc(-c2csc(NC(=O)[C@@H]3COc4ccccc4O3)n2)c(C)c1. The Morgan fingerprint density at radius 3 is 2.81 bits per heavy atom. The topological polar surface area (TPSA) is 60.5 Å². The van der Waals surface area contributed by atoms with Crippen LogP contribution in [0.3, 0.4) is 0 Å². The van der Waals surface area contributed by atoms with Crippen LogP contribution in [0.4, 0.5) is 5.13 Å². The normalized spacial score (nSPS) is 15.5. The zero-order valence-electron chi connectivity index (χ0n) is 14.5. The highest BCUT2D eigenvalue weighted by Gasteiger charge is 2.27. The molecule has 132 valence electrons. The summed E-state index contributed by atoms with van der Waals surface area (Å²) in [6.45, 7) is 4.30. The standard InChI is InChI=1S/C20H18N2O3S/c1-12-7-8-14(13(2)9-12)15-11-26-20(21-15)22-19(23)18-10-24-16-5-3-4-6-17(16)25-18/h3-9,11,18H,10H2,1-2H3,(H,21,22,23)/t18-/m0/s1. The van der Waals surface area contributed by atoms with Gasteiger partial charge in [-0.25, -0.2) is 4.98 Å². The van der Waals surface area contributed by atoms with Gasteiger partial charge >= 0.3 is 0 Å². The van der Waals surface area contributed by atoms with Crippen LogP contribution in [0.5, 0.6) is 11.5 Å². The van der Waals surface area contributed by atoms with E-state index in [1.807, 2.05) is 23.6 Å². The number of anilines is 1. The maximum Gasteiger partial charge on any atom is 0.270 e. The molecular weight excluding hydrogens is 348 g/mol.